The van der Waals surface area contributed by atoms with Crippen LogP contribution in [-0.2, 0) is 13.1 Å². The molecule has 0 saturated heterocycles. The van der Waals surface area contributed by atoms with Gasteiger partial charge in [-0.1, -0.05) is 23.7 Å². The van der Waals surface area contributed by atoms with Crippen LogP contribution in [0.1, 0.15) is 34.4 Å². The zero-order valence-corrected chi connectivity index (χ0v) is 15.2. The van der Waals surface area contributed by atoms with Gasteiger partial charge < -0.3 is 5.32 Å². The number of halogens is 1. The number of benzene rings is 1. The summed E-state index contributed by atoms with van der Waals surface area (Å²) in [4.78, 5) is 12.5. The van der Waals surface area contributed by atoms with Gasteiger partial charge in [-0.15, -0.1) is 0 Å². The van der Waals surface area contributed by atoms with Crippen molar-refractivity contribution in [2.75, 3.05) is 5.32 Å². The first kappa shape index (κ1) is 17.2. The summed E-state index contributed by atoms with van der Waals surface area (Å²) >= 11 is 5.93. The number of rotatable bonds is 5. The molecule has 130 valence electrons. The van der Waals surface area contributed by atoms with E-state index in [1.54, 1.807) is 16.9 Å². The van der Waals surface area contributed by atoms with Gasteiger partial charge in [-0.25, -0.2) is 0 Å². The number of nitrogens with zero attached hydrogens (tertiary/aromatic N) is 4. The highest BCUT2D eigenvalue weighted by atomic mass is 35.5. The van der Waals surface area contributed by atoms with Gasteiger partial charge >= 0.3 is 0 Å². The van der Waals surface area contributed by atoms with Crippen molar-refractivity contribution in [1.82, 2.24) is 19.6 Å². The van der Waals surface area contributed by atoms with E-state index in [0.717, 1.165) is 22.6 Å². The molecule has 0 bridgehead atoms. The number of amides is 1. The first-order valence-electron chi connectivity index (χ1n) is 8.11. The van der Waals surface area contributed by atoms with E-state index in [9.17, 15) is 4.79 Å². The standard InChI is InChI=1S/C18H20ClN5O/c1-4-23-16(9-10-20-23)18(25)21-17-12(2)22-24(13(17)3)11-14-5-7-15(19)8-6-14/h5-10H,4,11H2,1-3H3,(H,21,25). The van der Waals surface area contributed by atoms with Crippen LogP contribution in [0.2, 0.25) is 5.02 Å². The summed E-state index contributed by atoms with van der Waals surface area (Å²) in [6.45, 7) is 7.04. The summed E-state index contributed by atoms with van der Waals surface area (Å²) in [6, 6.07) is 9.36. The van der Waals surface area contributed by atoms with E-state index < -0.39 is 0 Å². The van der Waals surface area contributed by atoms with Crippen LogP contribution in [0.15, 0.2) is 36.5 Å². The van der Waals surface area contributed by atoms with Gasteiger partial charge in [0.05, 0.1) is 23.6 Å². The molecule has 0 spiro atoms. The smallest absolute Gasteiger partial charge is 0.274 e. The Hall–Kier alpha value is -2.60. The van der Waals surface area contributed by atoms with Gasteiger partial charge in [0, 0.05) is 17.8 Å². The Morgan fingerprint density at radius 1 is 1.16 bits per heavy atom. The van der Waals surface area contributed by atoms with Gasteiger partial charge in [0.2, 0.25) is 0 Å². The molecule has 0 radical (unpaired) electrons. The fourth-order valence-corrected chi connectivity index (χ4v) is 2.88. The van der Waals surface area contributed by atoms with E-state index in [1.807, 2.05) is 49.7 Å². The van der Waals surface area contributed by atoms with Crippen LogP contribution in [0.4, 0.5) is 5.69 Å². The number of hydrogen-bond acceptors (Lipinski definition) is 3. The van der Waals surface area contributed by atoms with Crippen LogP contribution in [0, 0.1) is 13.8 Å². The molecule has 3 aromatic rings. The third-order valence-electron chi connectivity index (χ3n) is 4.11. The van der Waals surface area contributed by atoms with Gasteiger partial charge in [0.15, 0.2) is 0 Å². The van der Waals surface area contributed by atoms with Crippen LogP contribution in [-0.4, -0.2) is 25.5 Å². The predicted molar refractivity (Wildman–Crippen MR) is 98.1 cm³/mol. The van der Waals surface area contributed by atoms with Crippen LogP contribution in [0.25, 0.3) is 0 Å². The monoisotopic (exact) mass is 357 g/mol. The van der Waals surface area contributed by atoms with E-state index >= 15 is 0 Å². The largest absolute Gasteiger partial charge is 0.317 e. The highest BCUT2D eigenvalue weighted by Crippen LogP contribution is 2.21. The number of carbonyl (C=O) groups is 1. The summed E-state index contributed by atoms with van der Waals surface area (Å²) in [5.41, 5.74) is 4.05. The summed E-state index contributed by atoms with van der Waals surface area (Å²) in [6.07, 6.45) is 1.63. The second kappa shape index (κ2) is 7.11. The zero-order valence-electron chi connectivity index (χ0n) is 14.5. The normalized spacial score (nSPS) is 10.9. The van der Waals surface area contributed by atoms with E-state index in [0.29, 0.717) is 23.8 Å². The highest BCUT2D eigenvalue weighted by Gasteiger charge is 2.17. The molecular formula is C18H20ClN5O. The lowest BCUT2D eigenvalue weighted by molar-refractivity contribution is 0.101. The lowest BCUT2D eigenvalue weighted by atomic mass is 10.2. The van der Waals surface area contributed by atoms with Crippen molar-refractivity contribution in [3.05, 3.63) is 64.2 Å². The van der Waals surface area contributed by atoms with Crippen LogP contribution < -0.4 is 5.32 Å². The molecule has 0 fully saturated rings. The Balaban J connectivity index is 1.82. The predicted octanol–water partition coefficient (Wildman–Crippen LogP) is 3.67. The van der Waals surface area contributed by atoms with E-state index in [4.69, 9.17) is 11.6 Å². The molecular weight excluding hydrogens is 338 g/mol. The maximum atomic E-state index is 12.5. The van der Waals surface area contributed by atoms with Crippen molar-refractivity contribution in [3.63, 3.8) is 0 Å². The lowest BCUT2D eigenvalue weighted by Crippen LogP contribution is -2.18. The summed E-state index contributed by atoms with van der Waals surface area (Å²) in [5, 5.41) is 12.4. The lowest BCUT2D eigenvalue weighted by Gasteiger charge is -2.08. The number of anilines is 1. The molecule has 0 saturated carbocycles. The van der Waals surface area contributed by atoms with Crippen LogP contribution in [0.3, 0.4) is 0 Å². The molecule has 0 aliphatic rings. The van der Waals surface area contributed by atoms with E-state index in [1.165, 1.54) is 0 Å². The van der Waals surface area contributed by atoms with Crippen molar-refractivity contribution in [2.24, 2.45) is 0 Å². The molecule has 2 heterocycles. The molecule has 3 rings (SSSR count). The SMILES string of the molecule is CCn1nccc1C(=O)Nc1c(C)nn(Cc2ccc(Cl)cc2)c1C. The first-order valence-corrected chi connectivity index (χ1v) is 8.49. The molecule has 0 unspecified atom stereocenters. The third-order valence-corrected chi connectivity index (χ3v) is 4.37. The molecule has 1 aromatic carbocycles. The first-order chi connectivity index (χ1) is 12.0. The maximum Gasteiger partial charge on any atom is 0.274 e. The second-order valence-corrected chi connectivity index (χ2v) is 6.25. The van der Waals surface area contributed by atoms with Gasteiger partial charge in [-0.2, -0.15) is 10.2 Å². The van der Waals surface area contributed by atoms with Crippen LogP contribution in [0.5, 0.6) is 0 Å². The minimum atomic E-state index is -0.184. The van der Waals surface area contributed by atoms with Gasteiger partial charge in [0.25, 0.3) is 5.91 Å². The van der Waals surface area contributed by atoms with Crippen molar-refractivity contribution in [1.29, 1.82) is 0 Å². The number of aromatic nitrogens is 4. The maximum absolute atomic E-state index is 12.5. The fourth-order valence-electron chi connectivity index (χ4n) is 2.75. The molecule has 6 nitrogen and oxygen atoms in total. The van der Waals surface area contributed by atoms with E-state index in [2.05, 4.69) is 15.5 Å². The minimum Gasteiger partial charge on any atom is -0.317 e. The average molecular weight is 358 g/mol. The van der Waals surface area contributed by atoms with Gasteiger partial charge in [-0.05, 0) is 44.5 Å². The molecule has 1 N–H and O–H groups in total. The van der Waals surface area contributed by atoms with Crippen molar-refractivity contribution in [3.8, 4) is 0 Å². The molecule has 2 aromatic heterocycles. The molecule has 7 heteroatoms. The molecule has 0 aliphatic carbocycles. The topological polar surface area (TPSA) is 64.7 Å². The average Bonchev–Trinajstić information content (AvgIpc) is 3.17. The molecule has 1 amide bonds. The summed E-state index contributed by atoms with van der Waals surface area (Å²) in [7, 11) is 0. The Bertz CT molecular complexity index is 895. The van der Waals surface area contributed by atoms with Gasteiger partial charge in [-0.3, -0.25) is 14.2 Å². The Morgan fingerprint density at radius 2 is 1.88 bits per heavy atom. The summed E-state index contributed by atoms with van der Waals surface area (Å²) < 4.78 is 3.55. The zero-order chi connectivity index (χ0) is 18.0. The number of nitrogens with one attached hydrogen (secondary N) is 1. The Labute approximate surface area is 151 Å². The molecule has 0 atom stereocenters. The number of carbonyl (C=O) groups excluding carboxylic acids is 1. The van der Waals surface area contributed by atoms with E-state index in [-0.39, 0.29) is 5.91 Å². The van der Waals surface area contributed by atoms with Crippen molar-refractivity contribution < 1.29 is 4.79 Å². The quantitative estimate of drug-likeness (QED) is 0.757. The van der Waals surface area contributed by atoms with Gasteiger partial charge in [0.1, 0.15) is 5.69 Å². The fraction of sp³-hybridized carbons (Fsp3) is 0.278. The Kier molecular flexibility index (Phi) is 4.90. The molecule has 0 aliphatic heterocycles. The highest BCUT2D eigenvalue weighted by molar-refractivity contribution is 6.30. The second-order valence-electron chi connectivity index (χ2n) is 5.82. The third kappa shape index (κ3) is 3.58. The minimum absolute atomic E-state index is 0.184. The van der Waals surface area contributed by atoms with Crippen molar-refractivity contribution >= 4 is 23.2 Å². The number of hydrogen-bond donors (Lipinski definition) is 1. The van der Waals surface area contributed by atoms with Crippen molar-refractivity contribution in [2.45, 2.75) is 33.9 Å². The number of aryl methyl sites for hydroxylation is 2. The molecule has 25 heavy (non-hydrogen) atoms. The van der Waals surface area contributed by atoms with Crippen LogP contribution >= 0.6 is 11.6 Å². The summed E-state index contributed by atoms with van der Waals surface area (Å²) in [5.74, 6) is -0.184. The Morgan fingerprint density at radius 3 is 2.56 bits per heavy atom.